The second-order valence-electron chi connectivity index (χ2n) is 3.95. The molecule has 0 aliphatic carbocycles. The van der Waals surface area contributed by atoms with Crippen LogP contribution >= 0.6 is 11.3 Å². The van der Waals surface area contributed by atoms with Crippen LogP contribution in [0, 0.1) is 0 Å². The van der Waals surface area contributed by atoms with Gasteiger partial charge in [-0.2, -0.15) is 11.3 Å². The Kier molecular flexibility index (Phi) is 4.24. The van der Waals surface area contributed by atoms with Gasteiger partial charge in [-0.05, 0) is 12.1 Å². The second-order valence-corrected chi connectivity index (χ2v) is 6.34. The molecule has 21 heavy (non-hydrogen) atoms. The third-order valence-corrected chi connectivity index (χ3v) is 4.91. The summed E-state index contributed by atoms with van der Waals surface area (Å²) in [5, 5.41) is 11.1. The lowest BCUT2D eigenvalue weighted by molar-refractivity contribution is 0.0698. The monoisotopic (exact) mass is 333 g/mol. The molecule has 9 heteroatoms. The zero-order valence-corrected chi connectivity index (χ0v) is 11.9. The number of nitrogens with one attached hydrogen (secondary N) is 1. The Balaban J connectivity index is 2.43. The molecule has 1 heterocycles. The first-order chi connectivity index (χ1) is 9.83. The molecule has 0 saturated carbocycles. The number of para-hydroxylation sites is 1. The molecule has 5 nitrogen and oxygen atoms in total. The van der Waals surface area contributed by atoms with Crippen molar-refractivity contribution in [2.45, 2.75) is 11.3 Å². The number of halogens is 2. The van der Waals surface area contributed by atoms with E-state index >= 15 is 0 Å². The summed E-state index contributed by atoms with van der Waals surface area (Å²) in [4.78, 5) is 10.5. The predicted octanol–water partition coefficient (Wildman–Crippen LogP) is 3.18. The van der Waals surface area contributed by atoms with Gasteiger partial charge in [0.1, 0.15) is 4.90 Å². The zero-order valence-electron chi connectivity index (χ0n) is 10.3. The van der Waals surface area contributed by atoms with Gasteiger partial charge in [-0.25, -0.2) is 22.0 Å². The van der Waals surface area contributed by atoms with Crippen molar-refractivity contribution >= 4 is 33.0 Å². The van der Waals surface area contributed by atoms with Crippen molar-refractivity contribution in [3.05, 3.63) is 46.2 Å². The summed E-state index contributed by atoms with van der Waals surface area (Å²) >= 11 is 0.827. The van der Waals surface area contributed by atoms with E-state index in [1.807, 2.05) is 4.72 Å². The maximum Gasteiger partial charge on any atom is 0.337 e. The summed E-state index contributed by atoms with van der Waals surface area (Å²) in [6.07, 6.45) is -2.93. The molecule has 0 radical (unpaired) electrons. The molecule has 0 spiro atoms. The van der Waals surface area contributed by atoms with E-state index < -0.39 is 32.9 Å². The highest BCUT2D eigenvalue weighted by atomic mass is 32.2. The smallest absolute Gasteiger partial charge is 0.337 e. The number of alkyl halides is 2. The third-order valence-electron chi connectivity index (χ3n) is 2.58. The van der Waals surface area contributed by atoms with Crippen molar-refractivity contribution < 1.29 is 27.1 Å². The molecule has 0 atom stereocenters. The van der Waals surface area contributed by atoms with Gasteiger partial charge in [0.2, 0.25) is 0 Å². The van der Waals surface area contributed by atoms with Crippen LogP contribution in [0.2, 0.25) is 0 Å². The van der Waals surface area contributed by atoms with E-state index in [1.54, 1.807) is 0 Å². The van der Waals surface area contributed by atoms with Gasteiger partial charge in [0.05, 0.1) is 11.3 Å². The maximum absolute atomic E-state index is 12.8. The summed E-state index contributed by atoms with van der Waals surface area (Å²) in [7, 11) is -4.28. The number of carboxylic acids is 1. The first kappa shape index (κ1) is 15.4. The van der Waals surface area contributed by atoms with Crippen LogP contribution in [-0.4, -0.2) is 19.5 Å². The van der Waals surface area contributed by atoms with Crippen molar-refractivity contribution in [1.29, 1.82) is 0 Å². The van der Waals surface area contributed by atoms with Gasteiger partial charge in [0.15, 0.2) is 0 Å². The fourth-order valence-corrected chi connectivity index (χ4v) is 4.12. The summed E-state index contributed by atoms with van der Waals surface area (Å²) in [6.45, 7) is 0. The molecule has 1 aromatic carbocycles. The van der Waals surface area contributed by atoms with E-state index in [9.17, 15) is 22.0 Å². The van der Waals surface area contributed by atoms with Crippen molar-refractivity contribution in [1.82, 2.24) is 0 Å². The minimum Gasteiger partial charge on any atom is -0.478 e. The van der Waals surface area contributed by atoms with Crippen LogP contribution in [0.1, 0.15) is 22.3 Å². The fraction of sp³-hybridized carbons (Fsp3) is 0.0833. The summed E-state index contributed by atoms with van der Waals surface area (Å²) in [6, 6.07) is 5.32. The first-order valence-electron chi connectivity index (χ1n) is 5.52. The fourth-order valence-electron chi connectivity index (χ4n) is 1.63. The number of hydrogen-bond donors (Lipinski definition) is 2. The van der Waals surface area contributed by atoms with Crippen LogP contribution in [0.5, 0.6) is 0 Å². The molecule has 2 aromatic rings. The largest absolute Gasteiger partial charge is 0.478 e. The lowest BCUT2D eigenvalue weighted by atomic mass is 10.2. The number of anilines is 1. The number of carboxylic acid groups (broad SMARTS) is 1. The van der Waals surface area contributed by atoms with Crippen molar-refractivity contribution in [3.8, 4) is 0 Å². The second kappa shape index (κ2) is 5.78. The number of hydrogen-bond acceptors (Lipinski definition) is 4. The molecule has 2 rings (SSSR count). The molecule has 0 amide bonds. The van der Waals surface area contributed by atoms with Gasteiger partial charge in [-0.1, -0.05) is 12.1 Å². The minimum absolute atomic E-state index is 0.184. The Morgan fingerprint density at radius 3 is 2.52 bits per heavy atom. The van der Waals surface area contributed by atoms with Gasteiger partial charge < -0.3 is 5.11 Å². The van der Waals surface area contributed by atoms with Crippen LogP contribution in [-0.2, 0) is 10.0 Å². The molecular formula is C12H9F2NO4S2. The average molecular weight is 333 g/mol. The van der Waals surface area contributed by atoms with E-state index in [0.29, 0.717) is 0 Å². The molecule has 1 aromatic heterocycles. The molecule has 0 unspecified atom stereocenters. The van der Waals surface area contributed by atoms with Crippen LogP contribution < -0.4 is 4.72 Å². The Bertz CT molecular complexity index is 771. The maximum atomic E-state index is 12.8. The topological polar surface area (TPSA) is 83.5 Å². The number of benzene rings is 1. The third kappa shape index (κ3) is 3.19. The number of rotatable bonds is 5. The van der Waals surface area contributed by atoms with Gasteiger partial charge in [0.25, 0.3) is 16.4 Å². The van der Waals surface area contributed by atoms with Crippen molar-refractivity contribution in [3.63, 3.8) is 0 Å². The predicted molar refractivity (Wildman–Crippen MR) is 73.5 cm³/mol. The van der Waals surface area contributed by atoms with Crippen LogP contribution in [0.3, 0.4) is 0 Å². The highest BCUT2D eigenvalue weighted by molar-refractivity contribution is 7.93. The molecule has 0 bridgehead atoms. The van der Waals surface area contributed by atoms with Gasteiger partial charge in [-0.3, -0.25) is 4.72 Å². The van der Waals surface area contributed by atoms with Crippen molar-refractivity contribution in [2.75, 3.05) is 4.72 Å². The van der Waals surface area contributed by atoms with Crippen LogP contribution in [0.25, 0.3) is 0 Å². The molecule has 0 saturated heterocycles. The number of aromatic carboxylic acids is 1. The minimum atomic E-state index is -4.28. The summed E-state index contributed by atoms with van der Waals surface area (Å²) in [5.74, 6) is -1.33. The standard InChI is InChI=1S/C12H9F2NO4S2/c13-11(14)8-5-20-6-10(8)21(18,19)15-9-4-2-1-3-7(9)12(16)17/h1-6,11,15H,(H,16,17). The Morgan fingerprint density at radius 2 is 1.90 bits per heavy atom. The molecular weight excluding hydrogens is 324 g/mol. The number of thiophene rings is 1. The normalized spacial score (nSPS) is 11.6. The van der Waals surface area contributed by atoms with E-state index in [-0.39, 0.29) is 11.3 Å². The van der Waals surface area contributed by atoms with Crippen molar-refractivity contribution in [2.24, 2.45) is 0 Å². The van der Waals surface area contributed by atoms with E-state index in [2.05, 4.69) is 0 Å². The molecule has 112 valence electrons. The highest BCUT2D eigenvalue weighted by Crippen LogP contribution is 2.31. The van der Waals surface area contributed by atoms with Gasteiger partial charge in [0, 0.05) is 16.3 Å². The number of sulfonamides is 1. The van der Waals surface area contributed by atoms with E-state index in [0.717, 1.165) is 22.1 Å². The van der Waals surface area contributed by atoms with Crippen LogP contribution in [0.15, 0.2) is 39.9 Å². The van der Waals surface area contributed by atoms with Gasteiger partial charge >= 0.3 is 5.97 Å². The SMILES string of the molecule is O=C(O)c1ccccc1NS(=O)(=O)c1cscc1C(F)F. The average Bonchev–Trinajstić information content (AvgIpc) is 2.88. The summed E-state index contributed by atoms with van der Waals surface area (Å²) < 4.78 is 51.8. The van der Waals surface area contributed by atoms with E-state index in [4.69, 9.17) is 5.11 Å². The lowest BCUT2D eigenvalue weighted by Crippen LogP contribution is -2.16. The molecule has 2 N–H and O–H groups in total. The first-order valence-corrected chi connectivity index (χ1v) is 7.95. The van der Waals surface area contributed by atoms with Crippen LogP contribution in [0.4, 0.5) is 14.5 Å². The Hall–Kier alpha value is -2.00. The summed E-state index contributed by atoms with van der Waals surface area (Å²) in [5.41, 5.74) is -1.06. The molecule has 0 aliphatic heterocycles. The quantitative estimate of drug-likeness (QED) is 0.880. The van der Waals surface area contributed by atoms with Gasteiger partial charge in [-0.15, -0.1) is 0 Å². The lowest BCUT2D eigenvalue weighted by Gasteiger charge is -2.10. The van der Waals surface area contributed by atoms with E-state index in [1.165, 1.54) is 24.3 Å². The highest BCUT2D eigenvalue weighted by Gasteiger charge is 2.25. The zero-order chi connectivity index (χ0) is 15.6. The Labute approximate surface area is 122 Å². The molecule has 0 fully saturated rings. The Morgan fingerprint density at radius 1 is 1.24 bits per heavy atom. The number of carbonyl (C=O) groups is 1. The molecule has 0 aliphatic rings.